The number of aromatic carboxylic acids is 1. The minimum absolute atomic E-state index is 0.0608. The number of aliphatic hydroxyl groups excluding tert-OH is 1. The Morgan fingerprint density at radius 1 is 1.26 bits per heavy atom. The molecule has 1 saturated carbocycles. The molecule has 2 fully saturated rings. The van der Waals surface area contributed by atoms with E-state index in [4.69, 9.17) is 4.98 Å². The highest BCUT2D eigenvalue weighted by molar-refractivity contribution is 5.93. The first-order valence-electron chi connectivity index (χ1n) is 8.78. The number of aryl methyl sites for hydroxylation is 2. The van der Waals surface area contributed by atoms with Crippen molar-refractivity contribution >= 4 is 11.8 Å². The lowest BCUT2D eigenvalue weighted by Gasteiger charge is -2.43. The largest absolute Gasteiger partial charge is 0.478 e. The van der Waals surface area contributed by atoms with Crippen LogP contribution in [0.5, 0.6) is 0 Å². The molecule has 1 spiro atoms. The number of fused-ring (bicyclic) bond motifs is 1. The van der Waals surface area contributed by atoms with E-state index >= 15 is 0 Å². The van der Waals surface area contributed by atoms with Gasteiger partial charge in [0.15, 0.2) is 0 Å². The number of rotatable bonds is 2. The Balaban J connectivity index is 1.71. The summed E-state index contributed by atoms with van der Waals surface area (Å²) in [6.45, 7) is 1.57. The fraction of sp³-hybridized carbons (Fsp3) is 0.667. The second-order valence-corrected chi connectivity index (χ2v) is 7.42. The van der Waals surface area contributed by atoms with Gasteiger partial charge in [0.05, 0.1) is 6.10 Å². The van der Waals surface area contributed by atoms with Crippen LogP contribution in [-0.4, -0.2) is 40.4 Å². The maximum absolute atomic E-state index is 11.7. The van der Waals surface area contributed by atoms with Gasteiger partial charge in [-0.3, -0.25) is 0 Å². The second-order valence-electron chi connectivity index (χ2n) is 7.42. The van der Waals surface area contributed by atoms with Gasteiger partial charge in [-0.25, -0.2) is 9.78 Å². The fourth-order valence-corrected chi connectivity index (χ4v) is 4.80. The van der Waals surface area contributed by atoms with E-state index in [9.17, 15) is 15.0 Å². The van der Waals surface area contributed by atoms with Crippen LogP contribution in [0, 0.1) is 5.41 Å². The number of aromatic nitrogens is 1. The lowest BCUT2D eigenvalue weighted by molar-refractivity contribution is 0.0407. The Labute approximate surface area is 136 Å². The number of piperidine rings is 1. The number of carbonyl (C=O) groups is 1. The van der Waals surface area contributed by atoms with Crippen LogP contribution in [0.4, 0.5) is 5.82 Å². The fourth-order valence-electron chi connectivity index (χ4n) is 4.80. The Bertz CT molecular complexity index is 645. The molecule has 1 aromatic heterocycles. The van der Waals surface area contributed by atoms with Crippen molar-refractivity contribution in [2.75, 3.05) is 18.0 Å². The van der Waals surface area contributed by atoms with Crippen LogP contribution in [0.25, 0.3) is 0 Å². The third-order valence-electron chi connectivity index (χ3n) is 6.03. The summed E-state index contributed by atoms with van der Waals surface area (Å²) in [5.74, 6) is -0.273. The van der Waals surface area contributed by atoms with Crippen LogP contribution in [0.3, 0.4) is 0 Å². The van der Waals surface area contributed by atoms with E-state index in [1.165, 1.54) is 0 Å². The normalized spacial score (nSPS) is 30.0. The number of hydrogen-bond acceptors (Lipinski definition) is 4. The smallest absolute Gasteiger partial charge is 0.339 e. The van der Waals surface area contributed by atoms with Crippen LogP contribution in [-0.2, 0) is 12.8 Å². The summed E-state index contributed by atoms with van der Waals surface area (Å²) in [7, 11) is 0. The zero-order chi connectivity index (χ0) is 16.0. The number of carboxylic acid groups (broad SMARTS) is 1. The predicted molar refractivity (Wildman–Crippen MR) is 87.0 cm³/mol. The molecule has 124 valence electrons. The van der Waals surface area contributed by atoms with E-state index in [0.29, 0.717) is 11.4 Å². The molecule has 0 aromatic carbocycles. The van der Waals surface area contributed by atoms with E-state index in [1.807, 2.05) is 6.07 Å². The first kappa shape index (κ1) is 14.9. The van der Waals surface area contributed by atoms with Crippen molar-refractivity contribution in [3.05, 3.63) is 22.9 Å². The van der Waals surface area contributed by atoms with Crippen LogP contribution in [0.15, 0.2) is 6.07 Å². The summed E-state index contributed by atoms with van der Waals surface area (Å²) in [6.07, 6.45) is 7.71. The molecule has 0 bridgehead atoms. The number of carboxylic acids is 1. The second kappa shape index (κ2) is 5.48. The van der Waals surface area contributed by atoms with Crippen molar-refractivity contribution in [3.63, 3.8) is 0 Å². The van der Waals surface area contributed by atoms with Gasteiger partial charge in [-0.05, 0) is 56.6 Å². The van der Waals surface area contributed by atoms with Crippen molar-refractivity contribution < 1.29 is 15.0 Å². The summed E-state index contributed by atoms with van der Waals surface area (Å²) < 4.78 is 0. The van der Waals surface area contributed by atoms with E-state index in [2.05, 4.69) is 4.90 Å². The highest BCUT2D eigenvalue weighted by atomic mass is 16.4. The molecule has 2 aliphatic carbocycles. The summed E-state index contributed by atoms with van der Waals surface area (Å²) in [6, 6.07) is 1.83. The van der Waals surface area contributed by atoms with Crippen LogP contribution >= 0.6 is 0 Å². The van der Waals surface area contributed by atoms with Crippen LogP contribution in [0.1, 0.15) is 60.1 Å². The zero-order valence-electron chi connectivity index (χ0n) is 13.4. The maximum atomic E-state index is 11.7. The predicted octanol–water partition coefficient (Wildman–Crippen LogP) is 2.40. The number of anilines is 1. The highest BCUT2D eigenvalue weighted by Crippen LogP contribution is 2.46. The minimum atomic E-state index is -0.895. The molecule has 3 aliphatic rings. The molecule has 5 nitrogen and oxygen atoms in total. The van der Waals surface area contributed by atoms with Gasteiger partial charge >= 0.3 is 5.97 Å². The first-order valence-corrected chi connectivity index (χ1v) is 8.78. The molecule has 1 saturated heterocycles. The molecule has 23 heavy (non-hydrogen) atoms. The Kier molecular flexibility index (Phi) is 3.56. The molecular weight excluding hydrogens is 292 g/mol. The monoisotopic (exact) mass is 316 g/mol. The molecule has 0 amide bonds. The van der Waals surface area contributed by atoms with Crippen molar-refractivity contribution in [1.29, 1.82) is 0 Å². The van der Waals surface area contributed by atoms with Gasteiger partial charge in [-0.2, -0.15) is 0 Å². The molecule has 2 N–H and O–H groups in total. The van der Waals surface area contributed by atoms with Gasteiger partial charge in [0.25, 0.3) is 0 Å². The van der Waals surface area contributed by atoms with Gasteiger partial charge in [-0.15, -0.1) is 0 Å². The average molecular weight is 316 g/mol. The van der Waals surface area contributed by atoms with E-state index in [1.54, 1.807) is 0 Å². The highest BCUT2D eigenvalue weighted by Gasteiger charge is 2.45. The molecule has 0 radical (unpaired) electrons. The maximum Gasteiger partial charge on any atom is 0.339 e. The third-order valence-corrected chi connectivity index (χ3v) is 6.03. The summed E-state index contributed by atoms with van der Waals surface area (Å²) in [5, 5.41) is 20.1. The summed E-state index contributed by atoms with van der Waals surface area (Å²) in [5.41, 5.74) is 2.43. The van der Waals surface area contributed by atoms with Gasteiger partial charge in [0.2, 0.25) is 0 Å². The van der Waals surface area contributed by atoms with Crippen LogP contribution in [0.2, 0.25) is 0 Å². The first-order chi connectivity index (χ1) is 11.1. The molecule has 2 heterocycles. The van der Waals surface area contributed by atoms with Crippen molar-refractivity contribution in [2.24, 2.45) is 5.41 Å². The molecule has 0 unspecified atom stereocenters. The lowest BCUT2D eigenvalue weighted by Crippen LogP contribution is -2.48. The molecule has 1 aliphatic heterocycles. The topological polar surface area (TPSA) is 73.7 Å². The molecule has 4 rings (SSSR count). The molecular formula is C18H24N2O3. The van der Waals surface area contributed by atoms with Gasteiger partial charge in [0, 0.05) is 24.2 Å². The standard InChI is InChI=1S/C18H24N2O3/c21-15-6-2-7-18(15)8-3-9-20(11-18)16-13(17(22)23)10-12-4-1-5-14(12)19-16/h10,15,21H,1-9,11H2,(H,22,23)/t15-,18-/m1/s1. The Hall–Kier alpha value is -1.62. The van der Waals surface area contributed by atoms with E-state index in [0.717, 1.165) is 75.7 Å². The van der Waals surface area contributed by atoms with E-state index in [-0.39, 0.29) is 11.5 Å². The Morgan fingerprint density at radius 2 is 2.09 bits per heavy atom. The van der Waals surface area contributed by atoms with Crippen molar-refractivity contribution in [2.45, 2.75) is 57.5 Å². The SMILES string of the molecule is O=C(O)c1cc2c(nc1N1CCC[C@]3(CCC[C@H]3O)C1)CCC2. The zero-order valence-corrected chi connectivity index (χ0v) is 13.4. The van der Waals surface area contributed by atoms with Gasteiger partial charge in [0.1, 0.15) is 11.4 Å². The number of nitrogens with zero attached hydrogens (tertiary/aromatic N) is 2. The molecule has 1 aromatic rings. The van der Waals surface area contributed by atoms with Crippen molar-refractivity contribution in [3.8, 4) is 0 Å². The number of aliphatic hydroxyl groups is 1. The summed E-state index contributed by atoms with van der Waals surface area (Å²) in [4.78, 5) is 18.6. The average Bonchev–Trinajstić information content (AvgIpc) is 3.13. The quantitative estimate of drug-likeness (QED) is 0.876. The molecule has 5 heteroatoms. The minimum Gasteiger partial charge on any atom is -0.478 e. The molecule has 2 atom stereocenters. The number of hydrogen-bond donors (Lipinski definition) is 2. The third kappa shape index (κ3) is 2.42. The van der Waals surface area contributed by atoms with Gasteiger partial charge < -0.3 is 15.1 Å². The summed E-state index contributed by atoms with van der Waals surface area (Å²) >= 11 is 0. The Morgan fingerprint density at radius 3 is 2.83 bits per heavy atom. The van der Waals surface area contributed by atoms with E-state index < -0.39 is 5.97 Å². The van der Waals surface area contributed by atoms with Gasteiger partial charge in [-0.1, -0.05) is 6.42 Å². The van der Waals surface area contributed by atoms with Crippen molar-refractivity contribution in [1.82, 2.24) is 4.98 Å². The number of pyridine rings is 1. The lowest BCUT2D eigenvalue weighted by atomic mass is 9.76. The van der Waals surface area contributed by atoms with Crippen LogP contribution < -0.4 is 4.90 Å².